The summed E-state index contributed by atoms with van der Waals surface area (Å²) >= 11 is 0. The van der Waals surface area contributed by atoms with Gasteiger partial charge in [-0.3, -0.25) is 0 Å². The van der Waals surface area contributed by atoms with E-state index >= 15 is 0 Å². The molecule has 1 rings (SSSR count). The summed E-state index contributed by atoms with van der Waals surface area (Å²) in [5.74, 6) is 0.0510. The Kier molecular flexibility index (Phi) is 3.97. The summed E-state index contributed by atoms with van der Waals surface area (Å²) < 4.78 is 28.6. The number of hydrogen-bond acceptors (Lipinski definition) is 5. The molecule has 2 atom stereocenters. The minimum Gasteiger partial charge on any atom is -0.444 e. The van der Waals surface area contributed by atoms with Gasteiger partial charge in [0.15, 0.2) is 9.84 Å². The van der Waals surface area contributed by atoms with Crippen LogP contribution < -0.4 is 11.1 Å². The Hall–Kier alpha value is -0.820. The lowest BCUT2D eigenvalue weighted by Gasteiger charge is -2.23. The van der Waals surface area contributed by atoms with Crippen molar-refractivity contribution in [2.24, 2.45) is 5.73 Å². The molecule has 0 aromatic carbocycles. The highest BCUT2D eigenvalue weighted by atomic mass is 32.2. The molecule has 0 aromatic heterocycles. The summed E-state index contributed by atoms with van der Waals surface area (Å²) in [5.41, 5.74) is 4.12. The molecule has 0 aliphatic heterocycles. The van der Waals surface area contributed by atoms with E-state index in [1.54, 1.807) is 27.7 Å². The molecule has 1 saturated carbocycles. The molecule has 106 valence electrons. The molecule has 0 heterocycles. The van der Waals surface area contributed by atoms with Gasteiger partial charge in [0.1, 0.15) is 5.60 Å². The van der Waals surface area contributed by atoms with E-state index in [9.17, 15) is 13.2 Å². The van der Waals surface area contributed by atoms with Crippen LogP contribution in [0.15, 0.2) is 0 Å². The Morgan fingerprint density at radius 1 is 1.50 bits per heavy atom. The van der Waals surface area contributed by atoms with Crippen LogP contribution >= 0.6 is 0 Å². The van der Waals surface area contributed by atoms with Gasteiger partial charge in [-0.05, 0) is 27.2 Å². The summed E-state index contributed by atoms with van der Waals surface area (Å²) in [7, 11) is -3.18. The largest absolute Gasteiger partial charge is 0.444 e. The third-order valence-electron chi connectivity index (χ3n) is 2.96. The van der Waals surface area contributed by atoms with E-state index in [-0.39, 0.29) is 12.3 Å². The third-order valence-corrected chi connectivity index (χ3v) is 5.25. The zero-order valence-corrected chi connectivity index (χ0v) is 12.1. The summed E-state index contributed by atoms with van der Waals surface area (Å²) in [5, 5.41) is 2.01. The van der Waals surface area contributed by atoms with Crippen molar-refractivity contribution in [1.29, 1.82) is 0 Å². The maximum atomic E-state index is 11.8. The molecule has 18 heavy (non-hydrogen) atoms. The van der Waals surface area contributed by atoms with Crippen LogP contribution in [0, 0.1) is 0 Å². The number of amides is 1. The normalized spacial score (nSPS) is 27.7. The lowest BCUT2D eigenvalue weighted by Crippen LogP contribution is -2.48. The molecule has 0 saturated heterocycles. The number of ether oxygens (including phenoxy) is 1. The van der Waals surface area contributed by atoms with Crippen molar-refractivity contribution in [3.63, 3.8) is 0 Å². The van der Waals surface area contributed by atoms with E-state index in [1.165, 1.54) is 0 Å². The molecular formula is C11H22N2O4S. The van der Waals surface area contributed by atoms with Crippen molar-refractivity contribution in [2.45, 2.75) is 50.5 Å². The zero-order valence-electron chi connectivity index (χ0n) is 11.3. The number of hydrogen-bond donors (Lipinski definition) is 2. The summed E-state index contributed by atoms with van der Waals surface area (Å²) in [6.45, 7) is 6.91. The van der Waals surface area contributed by atoms with Gasteiger partial charge in [-0.2, -0.15) is 0 Å². The maximum absolute atomic E-state index is 11.8. The third kappa shape index (κ3) is 3.35. The van der Waals surface area contributed by atoms with Gasteiger partial charge in [0.2, 0.25) is 0 Å². The predicted octanol–water partition coefficient (Wildman–Crippen LogP) is 0.416. The quantitative estimate of drug-likeness (QED) is 0.776. The monoisotopic (exact) mass is 278 g/mol. The van der Waals surface area contributed by atoms with E-state index in [1.807, 2.05) is 0 Å². The number of rotatable bonds is 4. The highest BCUT2D eigenvalue weighted by molar-refractivity contribution is 7.92. The van der Waals surface area contributed by atoms with Crippen molar-refractivity contribution in [1.82, 2.24) is 5.32 Å². The van der Waals surface area contributed by atoms with Crippen LogP contribution in [0.4, 0.5) is 4.79 Å². The Morgan fingerprint density at radius 2 is 2.06 bits per heavy atom. The predicted molar refractivity (Wildman–Crippen MR) is 69.0 cm³/mol. The van der Waals surface area contributed by atoms with Crippen molar-refractivity contribution in [3.8, 4) is 0 Å². The van der Waals surface area contributed by atoms with Gasteiger partial charge >= 0.3 is 6.09 Å². The number of nitrogens with two attached hydrogens (primary N) is 1. The van der Waals surface area contributed by atoms with Gasteiger partial charge in [-0.1, -0.05) is 6.92 Å². The lowest BCUT2D eigenvalue weighted by molar-refractivity contribution is 0.0499. The summed E-state index contributed by atoms with van der Waals surface area (Å²) in [6.07, 6.45) is -0.263. The van der Waals surface area contributed by atoms with E-state index < -0.39 is 32.3 Å². The van der Waals surface area contributed by atoms with Crippen molar-refractivity contribution in [2.75, 3.05) is 12.3 Å². The SMILES string of the molecule is CCS(=O)(=O)[C@@H]1C[C@]1(CN)NC(=O)OC(C)(C)C. The van der Waals surface area contributed by atoms with E-state index in [4.69, 9.17) is 10.5 Å². The fourth-order valence-corrected chi connectivity index (χ4v) is 3.64. The van der Waals surface area contributed by atoms with Gasteiger partial charge in [0, 0.05) is 12.3 Å². The molecule has 6 nitrogen and oxygen atoms in total. The van der Waals surface area contributed by atoms with Crippen LogP contribution in [-0.2, 0) is 14.6 Å². The summed E-state index contributed by atoms with van der Waals surface area (Å²) in [4.78, 5) is 11.7. The fraction of sp³-hybridized carbons (Fsp3) is 0.909. The fourth-order valence-electron chi connectivity index (χ4n) is 1.85. The van der Waals surface area contributed by atoms with Crippen LogP contribution in [0.1, 0.15) is 34.1 Å². The van der Waals surface area contributed by atoms with Gasteiger partial charge in [0.25, 0.3) is 0 Å². The zero-order chi connectivity index (χ0) is 14.2. The summed E-state index contributed by atoms with van der Waals surface area (Å²) in [6, 6.07) is 0. The maximum Gasteiger partial charge on any atom is 0.408 e. The highest BCUT2D eigenvalue weighted by Gasteiger charge is 2.61. The van der Waals surface area contributed by atoms with Crippen LogP contribution in [0.25, 0.3) is 0 Å². The Morgan fingerprint density at radius 3 is 2.44 bits per heavy atom. The van der Waals surface area contributed by atoms with E-state index in [0.717, 1.165) is 0 Å². The lowest BCUT2D eigenvalue weighted by atomic mass is 10.2. The molecule has 0 spiro atoms. The molecule has 1 aliphatic carbocycles. The second-order valence-corrected chi connectivity index (χ2v) is 8.10. The van der Waals surface area contributed by atoms with Gasteiger partial charge in [-0.25, -0.2) is 13.2 Å². The minimum absolute atomic E-state index is 0.0510. The van der Waals surface area contributed by atoms with E-state index in [2.05, 4.69) is 5.32 Å². The number of alkyl carbamates (subject to hydrolysis) is 1. The average molecular weight is 278 g/mol. The van der Waals surface area contributed by atoms with Crippen LogP contribution in [0.3, 0.4) is 0 Å². The molecule has 1 fully saturated rings. The Bertz CT molecular complexity index is 427. The Balaban J connectivity index is 2.69. The molecule has 1 aliphatic rings. The number of sulfone groups is 1. The molecule has 7 heteroatoms. The molecule has 0 bridgehead atoms. The van der Waals surface area contributed by atoms with Crippen LogP contribution in [0.5, 0.6) is 0 Å². The Labute approximate surface area is 108 Å². The first-order chi connectivity index (χ1) is 8.06. The molecule has 3 N–H and O–H groups in total. The standard InChI is InChI=1S/C11H22N2O4S/c1-5-18(15,16)8-6-11(8,7-12)13-9(14)17-10(2,3)4/h8H,5-7,12H2,1-4H3,(H,13,14)/t8-,11-/m1/s1. The van der Waals surface area contributed by atoms with Crippen molar-refractivity contribution < 1.29 is 17.9 Å². The molecule has 1 amide bonds. The van der Waals surface area contributed by atoms with Crippen molar-refractivity contribution in [3.05, 3.63) is 0 Å². The minimum atomic E-state index is -3.18. The number of carbonyl (C=O) groups excluding carboxylic acids is 1. The van der Waals surface area contributed by atoms with Crippen molar-refractivity contribution >= 4 is 15.9 Å². The molecule has 0 unspecified atom stereocenters. The second-order valence-electron chi connectivity index (χ2n) is 5.63. The van der Waals surface area contributed by atoms with Gasteiger partial charge in [-0.15, -0.1) is 0 Å². The number of carbonyl (C=O) groups is 1. The first-order valence-corrected chi connectivity index (χ1v) is 7.70. The second kappa shape index (κ2) is 4.70. The van der Waals surface area contributed by atoms with Gasteiger partial charge < -0.3 is 15.8 Å². The first kappa shape index (κ1) is 15.2. The van der Waals surface area contributed by atoms with Crippen LogP contribution in [-0.4, -0.2) is 43.2 Å². The van der Waals surface area contributed by atoms with E-state index in [0.29, 0.717) is 6.42 Å². The molecular weight excluding hydrogens is 256 g/mol. The first-order valence-electron chi connectivity index (χ1n) is 5.99. The number of nitrogens with one attached hydrogen (secondary N) is 1. The van der Waals surface area contributed by atoms with Gasteiger partial charge in [0.05, 0.1) is 10.8 Å². The molecule has 0 aromatic rings. The smallest absolute Gasteiger partial charge is 0.408 e. The molecule has 0 radical (unpaired) electrons. The average Bonchev–Trinajstić information content (AvgIpc) is 2.91. The highest BCUT2D eigenvalue weighted by Crippen LogP contribution is 2.41. The van der Waals surface area contributed by atoms with Crippen LogP contribution in [0.2, 0.25) is 0 Å². The topological polar surface area (TPSA) is 98.5 Å².